The summed E-state index contributed by atoms with van der Waals surface area (Å²) in [4.78, 5) is 0. The third-order valence-electron chi connectivity index (χ3n) is 3.44. The fourth-order valence-corrected chi connectivity index (χ4v) is 2.01. The lowest BCUT2D eigenvalue weighted by atomic mass is 9.92. The third kappa shape index (κ3) is 5.28. The van der Waals surface area contributed by atoms with Crippen molar-refractivity contribution in [2.24, 2.45) is 0 Å². The van der Waals surface area contributed by atoms with Gasteiger partial charge in [0, 0.05) is 18.7 Å². The third-order valence-corrected chi connectivity index (χ3v) is 3.44. The van der Waals surface area contributed by atoms with E-state index in [1.54, 1.807) is 7.11 Å². The molecular weight excluding hydrogens is 202 g/mol. The average Bonchev–Trinajstić information content (AvgIpc) is 2.33. The summed E-state index contributed by atoms with van der Waals surface area (Å²) in [6, 6.07) is 0.358. The molecule has 0 saturated heterocycles. The zero-order valence-electron chi connectivity index (χ0n) is 11.4. The van der Waals surface area contributed by atoms with Gasteiger partial charge in [0.15, 0.2) is 0 Å². The molecule has 3 heteroatoms. The second-order valence-electron chi connectivity index (χ2n) is 4.58. The maximum absolute atomic E-state index is 9.52. The molecule has 0 aliphatic heterocycles. The van der Waals surface area contributed by atoms with E-state index >= 15 is 0 Å². The Hall–Kier alpha value is -0.120. The van der Waals surface area contributed by atoms with Gasteiger partial charge in [0.25, 0.3) is 0 Å². The highest BCUT2D eigenvalue weighted by Crippen LogP contribution is 2.17. The van der Waals surface area contributed by atoms with Gasteiger partial charge in [-0.3, -0.25) is 0 Å². The van der Waals surface area contributed by atoms with Gasteiger partial charge in [-0.1, -0.05) is 33.6 Å². The number of ether oxygens (including phenoxy) is 1. The van der Waals surface area contributed by atoms with Crippen LogP contribution in [0, 0.1) is 0 Å². The van der Waals surface area contributed by atoms with Crippen LogP contribution in [0.2, 0.25) is 0 Å². The van der Waals surface area contributed by atoms with Crippen molar-refractivity contribution in [3.63, 3.8) is 0 Å². The summed E-state index contributed by atoms with van der Waals surface area (Å²) in [7, 11) is 1.74. The Balaban J connectivity index is 4.31. The molecule has 0 aromatic rings. The van der Waals surface area contributed by atoms with Gasteiger partial charge in [-0.25, -0.2) is 0 Å². The Morgan fingerprint density at radius 3 is 2.25 bits per heavy atom. The minimum Gasteiger partial charge on any atom is -0.394 e. The van der Waals surface area contributed by atoms with Gasteiger partial charge < -0.3 is 15.2 Å². The van der Waals surface area contributed by atoms with Crippen molar-refractivity contribution in [1.29, 1.82) is 0 Å². The van der Waals surface area contributed by atoms with Crippen molar-refractivity contribution in [3.05, 3.63) is 0 Å². The van der Waals surface area contributed by atoms with Crippen LogP contribution in [-0.4, -0.2) is 37.0 Å². The van der Waals surface area contributed by atoms with Gasteiger partial charge in [-0.15, -0.1) is 0 Å². The van der Waals surface area contributed by atoms with E-state index in [1.807, 2.05) is 0 Å². The van der Waals surface area contributed by atoms with Crippen molar-refractivity contribution in [2.45, 2.75) is 64.5 Å². The normalized spacial score (nSPS) is 14.1. The summed E-state index contributed by atoms with van der Waals surface area (Å²) in [5, 5.41) is 13.1. The molecule has 0 spiro atoms. The van der Waals surface area contributed by atoms with Gasteiger partial charge >= 0.3 is 0 Å². The van der Waals surface area contributed by atoms with Crippen LogP contribution in [0.25, 0.3) is 0 Å². The monoisotopic (exact) mass is 231 g/mol. The number of hydrogen-bond acceptors (Lipinski definition) is 3. The highest BCUT2D eigenvalue weighted by atomic mass is 16.5. The van der Waals surface area contributed by atoms with Crippen molar-refractivity contribution >= 4 is 0 Å². The molecule has 0 aliphatic rings. The first-order chi connectivity index (χ1) is 7.67. The van der Waals surface area contributed by atoms with Crippen LogP contribution >= 0.6 is 0 Å². The summed E-state index contributed by atoms with van der Waals surface area (Å²) in [6.07, 6.45) is 5.42. The first-order valence-corrected chi connectivity index (χ1v) is 6.55. The van der Waals surface area contributed by atoms with Crippen molar-refractivity contribution < 1.29 is 9.84 Å². The molecule has 0 aromatic carbocycles. The minimum absolute atomic E-state index is 0.128. The molecule has 0 aromatic heterocycles. The Morgan fingerprint density at radius 1 is 1.25 bits per heavy atom. The van der Waals surface area contributed by atoms with E-state index in [-0.39, 0.29) is 12.1 Å². The van der Waals surface area contributed by atoms with E-state index in [0.717, 1.165) is 25.9 Å². The first-order valence-electron chi connectivity index (χ1n) is 6.55. The Kier molecular flexibility index (Phi) is 8.90. The van der Waals surface area contributed by atoms with E-state index in [0.29, 0.717) is 6.04 Å². The quantitative estimate of drug-likeness (QED) is 0.606. The van der Waals surface area contributed by atoms with Crippen LogP contribution in [-0.2, 0) is 4.74 Å². The zero-order valence-corrected chi connectivity index (χ0v) is 11.4. The summed E-state index contributed by atoms with van der Waals surface area (Å²) in [5.41, 5.74) is -0.128. The summed E-state index contributed by atoms with van der Waals surface area (Å²) in [6.45, 7) is 7.36. The molecule has 3 nitrogen and oxygen atoms in total. The largest absolute Gasteiger partial charge is 0.394 e. The van der Waals surface area contributed by atoms with Gasteiger partial charge in [0.2, 0.25) is 0 Å². The van der Waals surface area contributed by atoms with Crippen molar-refractivity contribution in [2.75, 3.05) is 20.3 Å². The summed E-state index contributed by atoms with van der Waals surface area (Å²) < 4.78 is 5.24. The maximum atomic E-state index is 9.52. The van der Waals surface area contributed by atoms with E-state index in [2.05, 4.69) is 26.1 Å². The minimum atomic E-state index is -0.128. The topological polar surface area (TPSA) is 41.5 Å². The molecule has 1 atom stereocenters. The second-order valence-corrected chi connectivity index (χ2v) is 4.58. The number of methoxy groups -OCH3 is 1. The highest BCUT2D eigenvalue weighted by Gasteiger charge is 2.27. The van der Waals surface area contributed by atoms with Gasteiger partial charge in [-0.05, 0) is 19.3 Å². The molecule has 0 saturated carbocycles. The fourth-order valence-electron chi connectivity index (χ4n) is 2.01. The average molecular weight is 231 g/mol. The van der Waals surface area contributed by atoms with Crippen LogP contribution in [0.5, 0.6) is 0 Å². The van der Waals surface area contributed by atoms with Gasteiger partial charge in [-0.2, -0.15) is 0 Å². The van der Waals surface area contributed by atoms with Crippen LogP contribution in [0.1, 0.15) is 52.9 Å². The zero-order chi connectivity index (χ0) is 12.4. The number of aliphatic hydroxyl groups is 1. The number of rotatable bonds is 10. The molecular formula is C13H29NO2. The predicted octanol–water partition coefficient (Wildman–Crippen LogP) is 2.33. The van der Waals surface area contributed by atoms with Crippen LogP contribution < -0.4 is 5.32 Å². The Bertz CT molecular complexity index is 150. The molecule has 0 amide bonds. The summed E-state index contributed by atoms with van der Waals surface area (Å²) >= 11 is 0. The summed E-state index contributed by atoms with van der Waals surface area (Å²) in [5.74, 6) is 0. The van der Waals surface area contributed by atoms with Crippen LogP contribution in [0.3, 0.4) is 0 Å². The maximum Gasteiger partial charge on any atom is 0.0616 e. The van der Waals surface area contributed by atoms with Crippen LogP contribution in [0.4, 0.5) is 0 Å². The predicted molar refractivity (Wildman–Crippen MR) is 68.7 cm³/mol. The molecule has 0 aliphatic carbocycles. The van der Waals surface area contributed by atoms with Crippen LogP contribution in [0.15, 0.2) is 0 Å². The Morgan fingerprint density at radius 2 is 1.88 bits per heavy atom. The molecule has 16 heavy (non-hydrogen) atoms. The second kappa shape index (κ2) is 8.97. The van der Waals surface area contributed by atoms with Crippen molar-refractivity contribution in [3.8, 4) is 0 Å². The van der Waals surface area contributed by atoms with Gasteiger partial charge in [0.05, 0.1) is 13.2 Å². The molecule has 2 N–H and O–H groups in total. The molecule has 0 heterocycles. The molecule has 98 valence electrons. The van der Waals surface area contributed by atoms with Gasteiger partial charge in [0.1, 0.15) is 0 Å². The standard InChI is InChI=1S/C13H29NO2/c1-5-8-9-12(10-16-4)14-13(6-2,7-3)11-15/h12,14-15H,5-11H2,1-4H3. The lowest BCUT2D eigenvalue weighted by Gasteiger charge is -2.35. The van der Waals surface area contributed by atoms with E-state index in [4.69, 9.17) is 4.74 Å². The number of hydrogen-bond donors (Lipinski definition) is 2. The van der Waals surface area contributed by atoms with E-state index in [1.165, 1.54) is 12.8 Å². The molecule has 1 unspecified atom stereocenters. The number of aliphatic hydroxyl groups excluding tert-OH is 1. The number of unbranched alkanes of at least 4 members (excludes halogenated alkanes) is 1. The lowest BCUT2D eigenvalue weighted by molar-refractivity contribution is 0.0985. The fraction of sp³-hybridized carbons (Fsp3) is 1.00. The molecule has 0 fully saturated rings. The highest BCUT2D eigenvalue weighted by molar-refractivity contribution is 4.88. The Labute approximate surface area is 101 Å². The lowest BCUT2D eigenvalue weighted by Crippen LogP contribution is -2.53. The smallest absolute Gasteiger partial charge is 0.0616 e. The molecule has 0 bridgehead atoms. The SMILES string of the molecule is CCCCC(COC)NC(CC)(CC)CO. The first kappa shape index (κ1) is 15.9. The number of nitrogens with one attached hydrogen (secondary N) is 1. The van der Waals surface area contributed by atoms with Crippen molar-refractivity contribution in [1.82, 2.24) is 5.32 Å². The van der Waals surface area contributed by atoms with E-state index < -0.39 is 0 Å². The molecule has 0 rings (SSSR count). The molecule has 0 radical (unpaired) electrons. The van der Waals surface area contributed by atoms with E-state index in [9.17, 15) is 5.11 Å².